The lowest BCUT2D eigenvalue weighted by atomic mass is 9.88. The summed E-state index contributed by atoms with van der Waals surface area (Å²) in [6.45, 7) is 0.425. The van der Waals surface area contributed by atoms with Gasteiger partial charge in [0.25, 0.3) is 21.6 Å². The Morgan fingerprint density at radius 2 is 2.00 bits per heavy atom. The van der Waals surface area contributed by atoms with Gasteiger partial charge in [-0.15, -0.1) is 21.5 Å². The number of rotatable bonds is 4. The molecule has 0 N–H and O–H groups in total. The van der Waals surface area contributed by atoms with E-state index >= 15 is 0 Å². The summed E-state index contributed by atoms with van der Waals surface area (Å²) >= 11 is 1.30. The minimum absolute atomic E-state index is 0.0794. The van der Waals surface area contributed by atoms with E-state index in [-0.39, 0.29) is 29.7 Å². The summed E-state index contributed by atoms with van der Waals surface area (Å²) in [5.74, 6) is -0.196. The first-order chi connectivity index (χ1) is 13.9. The fourth-order valence-corrected chi connectivity index (χ4v) is 5.92. The van der Waals surface area contributed by atoms with Crippen LogP contribution < -0.4 is 0 Å². The number of hydrogen-bond acceptors (Lipinski definition) is 7. The van der Waals surface area contributed by atoms with E-state index in [1.165, 1.54) is 37.0 Å². The van der Waals surface area contributed by atoms with Crippen LogP contribution >= 0.6 is 11.3 Å². The lowest BCUT2D eigenvalue weighted by Gasteiger charge is -2.31. The van der Waals surface area contributed by atoms with Crippen LogP contribution in [0.3, 0.4) is 0 Å². The van der Waals surface area contributed by atoms with Gasteiger partial charge >= 0.3 is 0 Å². The Hall–Kier alpha value is -2.51. The van der Waals surface area contributed by atoms with Gasteiger partial charge in [0.2, 0.25) is 4.96 Å². The Morgan fingerprint density at radius 3 is 2.76 bits per heavy atom. The molecule has 152 valence electrons. The summed E-state index contributed by atoms with van der Waals surface area (Å²) < 4.78 is 57.4. The standard InChI is InChI=1S/C16H15F2N7O2S2/c17-14(18)11-7-13-19-9-20-25(13)8-12(11)10-1-3-23(4-2-10)29(26,27)16-22-21-15-24(16)5-6-28-15/h5-10,14H,1-4H2. The largest absolute Gasteiger partial charge is 0.279 e. The molecule has 0 unspecified atom stereocenters. The van der Waals surface area contributed by atoms with E-state index in [0.29, 0.717) is 29.0 Å². The number of hydrogen-bond donors (Lipinski definition) is 0. The van der Waals surface area contributed by atoms with E-state index in [0.717, 1.165) is 0 Å². The highest BCUT2D eigenvalue weighted by Gasteiger charge is 2.34. The maximum Gasteiger partial charge on any atom is 0.279 e. The van der Waals surface area contributed by atoms with Gasteiger partial charge in [-0.3, -0.25) is 4.40 Å². The van der Waals surface area contributed by atoms with Crippen LogP contribution in [0.15, 0.2) is 35.3 Å². The molecule has 0 spiro atoms. The van der Waals surface area contributed by atoms with Crippen LogP contribution in [0.2, 0.25) is 0 Å². The minimum atomic E-state index is -3.82. The molecule has 5 rings (SSSR count). The van der Waals surface area contributed by atoms with Crippen LogP contribution in [-0.4, -0.2) is 55.0 Å². The molecule has 0 aliphatic carbocycles. The van der Waals surface area contributed by atoms with Gasteiger partial charge in [-0.05, 0) is 30.4 Å². The van der Waals surface area contributed by atoms with Gasteiger partial charge < -0.3 is 0 Å². The molecule has 0 radical (unpaired) electrons. The SMILES string of the molecule is O=S(=O)(c1nnc2sccn12)N1CCC(c2cn3ncnc3cc2C(F)F)CC1. The van der Waals surface area contributed by atoms with Crippen molar-refractivity contribution in [2.24, 2.45) is 0 Å². The zero-order chi connectivity index (χ0) is 20.2. The van der Waals surface area contributed by atoms with Crippen LogP contribution in [0.1, 0.15) is 36.3 Å². The summed E-state index contributed by atoms with van der Waals surface area (Å²) in [6.07, 6.45) is 2.70. The Bertz CT molecular complexity index is 1290. The van der Waals surface area contributed by atoms with Gasteiger partial charge in [-0.2, -0.15) is 9.40 Å². The third-order valence-electron chi connectivity index (χ3n) is 5.20. The van der Waals surface area contributed by atoms with Gasteiger partial charge in [-0.1, -0.05) is 0 Å². The van der Waals surface area contributed by atoms with Crippen molar-refractivity contribution in [2.45, 2.75) is 30.3 Å². The molecule has 1 aliphatic heterocycles. The van der Waals surface area contributed by atoms with Crippen molar-refractivity contribution in [3.63, 3.8) is 0 Å². The molecule has 5 heterocycles. The Kier molecular flexibility index (Phi) is 4.33. The Balaban J connectivity index is 1.41. The van der Waals surface area contributed by atoms with E-state index in [1.54, 1.807) is 17.8 Å². The smallest absolute Gasteiger partial charge is 0.263 e. The zero-order valence-corrected chi connectivity index (χ0v) is 16.5. The summed E-state index contributed by atoms with van der Waals surface area (Å²) in [4.78, 5) is 4.46. The number of thiazole rings is 1. The first-order valence-corrected chi connectivity index (χ1v) is 11.2. The van der Waals surface area contributed by atoms with Crippen molar-refractivity contribution >= 4 is 32.0 Å². The van der Waals surface area contributed by atoms with Gasteiger partial charge in [0.1, 0.15) is 6.33 Å². The third kappa shape index (κ3) is 3.00. The Labute approximate surface area is 167 Å². The number of piperidine rings is 1. The van der Waals surface area contributed by atoms with Crippen molar-refractivity contribution in [1.29, 1.82) is 0 Å². The normalized spacial score (nSPS) is 17.1. The van der Waals surface area contributed by atoms with Crippen LogP contribution in [-0.2, 0) is 10.0 Å². The van der Waals surface area contributed by atoms with Crippen molar-refractivity contribution in [3.05, 3.63) is 41.3 Å². The molecule has 0 amide bonds. The van der Waals surface area contributed by atoms with Gasteiger partial charge in [0.15, 0.2) is 5.65 Å². The molecule has 1 saturated heterocycles. The molecule has 0 bridgehead atoms. The molecule has 9 nitrogen and oxygen atoms in total. The average Bonchev–Trinajstić information content (AvgIpc) is 3.43. The molecule has 1 fully saturated rings. The maximum absolute atomic E-state index is 13.6. The molecule has 4 aromatic rings. The van der Waals surface area contributed by atoms with Crippen molar-refractivity contribution in [3.8, 4) is 0 Å². The highest BCUT2D eigenvalue weighted by atomic mass is 32.2. The molecular weight excluding hydrogens is 424 g/mol. The average molecular weight is 439 g/mol. The predicted octanol–water partition coefficient (Wildman–Crippen LogP) is 2.34. The second-order valence-corrected chi connectivity index (χ2v) is 9.47. The number of pyridine rings is 1. The first kappa shape index (κ1) is 18.5. The van der Waals surface area contributed by atoms with Crippen molar-refractivity contribution in [1.82, 2.24) is 33.5 Å². The second kappa shape index (κ2) is 6.78. The first-order valence-electron chi connectivity index (χ1n) is 8.85. The molecule has 13 heteroatoms. The quantitative estimate of drug-likeness (QED) is 0.484. The molecule has 4 aromatic heterocycles. The van der Waals surface area contributed by atoms with E-state index in [2.05, 4.69) is 20.3 Å². The van der Waals surface area contributed by atoms with E-state index in [9.17, 15) is 17.2 Å². The molecule has 0 atom stereocenters. The Morgan fingerprint density at radius 1 is 1.21 bits per heavy atom. The minimum Gasteiger partial charge on any atom is -0.263 e. The van der Waals surface area contributed by atoms with Crippen LogP contribution in [0.25, 0.3) is 10.6 Å². The highest BCUT2D eigenvalue weighted by Crippen LogP contribution is 2.36. The number of nitrogens with zero attached hydrogens (tertiary/aromatic N) is 7. The van der Waals surface area contributed by atoms with Crippen molar-refractivity contribution < 1.29 is 17.2 Å². The van der Waals surface area contributed by atoms with E-state index < -0.39 is 16.4 Å². The topological polar surface area (TPSA) is 97.8 Å². The summed E-state index contributed by atoms with van der Waals surface area (Å²) in [5.41, 5.74) is 0.762. The lowest BCUT2D eigenvalue weighted by Crippen LogP contribution is -2.38. The number of sulfonamides is 1. The third-order valence-corrected chi connectivity index (χ3v) is 7.73. The van der Waals surface area contributed by atoms with Crippen LogP contribution in [0.5, 0.6) is 0 Å². The molecule has 0 saturated carbocycles. The summed E-state index contributed by atoms with van der Waals surface area (Å²) in [7, 11) is -3.82. The number of halogens is 2. The van der Waals surface area contributed by atoms with Gasteiger partial charge in [-0.25, -0.2) is 26.7 Å². The van der Waals surface area contributed by atoms with Crippen LogP contribution in [0.4, 0.5) is 8.78 Å². The second-order valence-electron chi connectivity index (χ2n) is 6.76. The van der Waals surface area contributed by atoms with Gasteiger partial charge in [0.05, 0.1) is 0 Å². The van der Waals surface area contributed by atoms with E-state index in [1.807, 2.05) is 0 Å². The van der Waals surface area contributed by atoms with Gasteiger partial charge in [0, 0.05) is 36.4 Å². The number of aromatic nitrogens is 6. The molecule has 29 heavy (non-hydrogen) atoms. The number of fused-ring (bicyclic) bond motifs is 2. The lowest BCUT2D eigenvalue weighted by molar-refractivity contribution is 0.148. The molecular formula is C16H15F2N7O2S2. The highest BCUT2D eigenvalue weighted by molar-refractivity contribution is 7.89. The zero-order valence-electron chi connectivity index (χ0n) is 14.9. The predicted molar refractivity (Wildman–Crippen MR) is 99.5 cm³/mol. The van der Waals surface area contributed by atoms with E-state index in [4.69, 9.17) is 0 Å². The fourth-order valence-electron chi connectivity index (χ4n) is 3.74. The van der Waals surface area contributed by atoms with Crippen molar-refractivity contribution in [2.75, 3.05) is 13.1 Å². The molecule has 1 aliphatic rings. The number of alkyl halides is 2. The summed E-state index contributed by atoms with van der Waals surface area (Å²) in [6, 6.07) is 1.35. The molecule has 0 aromatic carbocycles. The van der Waals surface area contributed by atoms with Crippen LogP contribution in [0, 0.1) is 0 Å². The maximum atomic E-state index is 13.6. The summed E-state index contributed by atoms with van der Waals surface area (Å²) in [5, 5.41) is 13.3. The fraction of sp³-hybridized carbons (Fsp3) is 0.375. The monoisotopic (exact) mass is 439 g/mol.